The number of ether oxygens (including phenoxy) is 1. The molecule has 2 aromatic carbocycles. The summed E-state index contributed by atoms with van der Waals surface area (Å²) in [7, 11) is 1.65. The van der Waals surface area contributed by atoms with Gasteiger partial charge in [-0.3, -0.25) is 4.99 Å². The molecular formula is C18H15N3O. The number of benzene rings is 2. The standard InChI is InChI=1S/C18H15N3O/c1-22-18-4-2-3-17(9-18)21-10-14-5-7-15(8-6-14)16-11-19-13-20-12-16/h2-13H,1H3. The maximum atomic E-state index is 5.19. The molecule has 0 saturated heterocycles. The molecule has 0 unspecified atom stereocenters. The van der Waals surface area contributed by atoms with Crippen LogP contribution in [0.2, 0.25) is 0 Å². The lowest BCUT2D eigenvalue weighted by molar-refractivity contribution is 0.415. The van der Waals surface area contributed by atoms with E-state index in [1.165, 1.54) is 6.33 Å². The van der Waals surface area contributed by atoms with Crippen molar-refractivity contribution in [3.63, 3.8) is 0 Å². The third-order valence-electron chi connectivity index (χ3n) is 3.22. The minimum atomic E-state index is 0.800. The van der Waals surface area contributed by atoms with Crippen LogP contribution in [0.15, 0.2) is 72.2 Å². The van der Waals surface area contributed by atoms with Crippen molar-refractivity contribution < 1.29 is 4.74 Å². The van der Waals surface area contributed by atoms with E-state index in [0.29, 0.717) is 0 Å². The maximum absolute atomic E-state index is 5.19. The topological polar surface area (TPSA) is 47.4 Å². The lowest BCUT2D eigenvalue weighted by Gasteiger charge is -2.01. The first-order valence-corrected chi connectivity index (χ1v) is 6.89. The molecule has 0 bridgehead atoms. The monoisotopic (exact) mass is 289 g/mol. The van der Waals surface area contributed by atoms with E-state index in [-0.39, 0.29) is 0 Å². The zero-order chi connectivity index (χ0) is 15.2. The van der Waals surface area contributed by atoms with Crippen molar-refractivity contribution in [2.24, 2.45) is 4.99 Å². The van der Waals surface area contributed by atoms with Gasteiger partial charge in [0.2, 0.25) is 0 Å². The predicted octanol–water partition coefficient (Wildman–Crippen LogP) is 3.90. The first-order valence-electron chi connectivity index (χ1n) is 6.89. The molecule has 0 aliphatic heterocycles. The highest BCUT2D eigenvalue weighted by atomic mass is 16.5. The van der Waals surface area contributed by atoms with E-state index in [1.54, 1.807) is 19.5 Å². The molecule has 0 saturated carbocycles. The molecule has 22 heavy (non-hydrogen) atoms. The normalized spacial score (nSPS) is 10.8. The fourth-order valence-corrected chi connectivity index (χ4v) is 2.05. The van der Waals surface area contributed by atoms with Crippen LogP contribution >= 0.6 is 0 Å². The largest absolute Gasteiger partial charge is 0.497 e. The van der Waals surface area contributed by atoms with Gasteiger partial charge in [-0.2, -0.15) is 0 Å². The van der Waals surface area contributed by atoms with E-state index in [0.717, 1.165) is 28.1 Å². The molecule has 0 aliphatic carbocycles. The summed E-state index contributed by atoms with van der Waals surface area (Å²) in [5.41, 5.74) is 3.97. The molecule has 0 aliphatic rings. The van der Waals surface area contributed by atoms with E-state index in [4.69, 9.17) is 4.74 Å². The van der Waals surface area contributed by atoms with Gasteiger partial charge in [-0.1, -0.05) is 30.3 Å². The fraction of sp³-hybridized carbons (Fsp3) is 0.0556. The molecule has 108 valence electrons. The van der Waals surface area contributed by atoms with Crippen molar-refractivity contribution in [2.75, 3.05) is 7.11 Å². The van der Waals surface area contributed by atoms with Crippen LogP contribution in [0.25, 0.3) is 11.1 Å². The van der Waals surface area contributed by atoms with Crippen LogP contribution in [0.4, 0.5) is 5.69 Å². The predicted molar refractivity (Wildman–Crippen MR) is 87.7 cm³/mol. The summed E-state index contributed by atoms with van der Waals surface area (Å²) in [6, 6.07) is 15.8. The minimum absolute atomic E-state index is 0.800. The van der Waals surface area contributed by atoms with E-state index in [2.05, 4.69) is 15.0 Å². The zero-order valence-corrected chi connectivity index (χ0v) is 12.2. The van der Waals surface area contributed by atoms with Crippen molar-refractivity contribution in [1.82, 2.24) is 9.97 Å². The van der Waals surface area contributed by atoms with Gasteiger partial charge in [-0.15, -0.1) is 0 Å². The second-order valence-corrected chi connectivity index (χ2v) is 4.71. The summed E-state index contributed by atoms with van der Waals surface area (Å²) in [4.78, 5) is 12.5. The van der Waals surface area contributed by atoms with Crippen molar-refractivity contribution in [3.8, 4) is 16.9 Å². The lowest BCUT2D eigenvalue weighted by atomic mass is 10.1. The summed E-state index contributed by atoms with van der Waals surface area (Å²) >= 11 is 0. The number of aliphatic imine (C=N–C) groups is 1. The Bertz CT molecular complexity index is 768. The van der Waals surface area contributed by atoms with Gasteiger partial charge in [-0.25, -0.2) is 9.97 Å². The van der Waals surface area contributed by atoms with Gasteiger partial charge in [0.25, 0.3) is 0 Å². The van der Waals surface area contributed by atoms with Gasteiger partial charge in [-0.05, 0) is 23.3 Å². The molecule has 0 fully saturated rings. The molecule has 4 nitrogen and oxygen atoms in total. The molecule has 4 heteroatoms. The van der Waals surface area contributed by atoms with Gasteiger partial charge < -0.3 is 4.74 Å². The molecule has 0 amide bonds. The molecule has 0 atom stereocenters. The van der Waals surface area contributed by atoms with Crippen LogP contribution in [-0.4, -0.2) is 23.3 Å². The molecule has 1 heterocycles. The first-order chi connectivity index (χ1) is 10.8. The highest BCUT2D eigenvalue weighted by Crippen LogP contribution is 2.20. The zero-order valence-electron chi connectivity index (χ0n) is 12.2. The highest BCUT2D eigenvalue weighted by Gasteiger charge is 1.97. The van der Waals surface area contributed by atoms with E-state index < -0.39 is 0 Å². The first kappa shape index (κ1) is 13.9. The average molecular weight is 289 g/mol. The Morgan fingerprint density at radius 3 is 2.45 bits per heavy atom. The van der Waals surface area contributed by atoms with Crippen LogP contribution in [0.1, 0.15) is 5.56 Å². The Labute approximate surface area is 129 Å². The van der Waals surface area contributed by atoms with E-state index in [9.17, 15) is 0 Å². The second kappa shape index (κ2) is 6.63. The summed E-state index contributed by atoms with van der Waals surface area (Å²) in [6.07, 6.45) is 6.96. The van der Waals surface area contributed by atoms with Gasteiger partial charge >= 0.3 is 0 Å². The number of nitrogens with zero attached hydrogens (tertiary/aromatic N) is 3. The second-order valence-electron chi connectivity index (χ2n) is 4.71. The van der Waals surface area contributed by atoms with Gasteiger partial charge in [0, 0.05) is 30.2 Å². The van der Waals surface area contributed by atoms with E-state index >= 15 is 0 Å². The van der Waals surface area contributed by atoms with Gasteiger partial charge in [0.05, 0.1) is 12.8 Å². The SMILES string of the molecule is COc1cccc(N=Cc2ccc(-c3cncnc3)cc2)c1. The van der Waals surface area contributed by atoms with Crippen molar-refractivity contribution in [1.29, 1.82) is 0 Å². The number of methoxy groups -OCH3 is 1. The maximum Gasteiger partial charge on any atom is 0.121 e. The third-order valence-corrected chi connectivity index (χ3v) is 3.22. The van der Waals surface area contributed by atoms with Crippen LogP contribution in [0.3, 0.4) is 0 Å². The van der Waals surface area contributed by atoms with Gasteiger partial charge in [0.15, 0.2) is 0 Å². The van der Waals surface area contributed by atoms with Crippen LogP contribution < -0.4 is 4.74 Å². The summed E-state index contributed by atoms with van der Waals surface area (Å²) in [5, 5.41) is 0. The quantitative estimate of drug-likeness (QED) is 0.684. The summed E-state index contributed by atoms with van der Waals surface area (Å²) in [6.45, 7) is 0. The van der Waals surface area contributed by atoms with Crippen molar-refractivity contribution in [2.45, 2.75) is 0 Å². The molecule has 3 aromatic rings. The number of hydrogen-bond acceptors (Lipinski definition) is 4. The molecule has 0 radical (unpaired) electrons. The Kier molecular flexibility index (Phi) is 4.20. The Hall–Kier alpha value is -3.01. The average Bonchev–Trinajstić information content (AvgIpc) is 2.61. The fourth-order valence-electron chi connectivity index (χ4n) is 2.05. The Morgan fingerprint density at radius 1 is 0.955 bits per heavy atom. The molecule has 3 rings (SSSR count). The molecular weight excluding hydrogens is 274 g/mol. The number of hydrogen-bond donors (Lipinski definition) is 0. The highest BCUT2D eigenvalue weighted by molar-refractivity contribution is 5.83. The molecule has 0 spiro atoms. The van der Waals surface area contributed by atoms with Crippen molar-refractivity contribution in [3.05, 3.63) is 72.8 Å². The van der Waals surface area contributed by atoms with Crippen LogP contribution in [-0.2, 0) is 0 Å². The summed E-state index contributed by atoms with van der Waals surface area (Å²) < 4.78 is 5.19. The minimum Gasteiger partial charge on any atom is -0.497 e. The number of rotatable bonds is 4. The van der Waals surface area contributed by atoms with Crippen molar-refractivity contribution >= 4 is 11.9 Å². The van der Waals surface area contributed by atoms with Crippen LogP contribution in [0.5, 0.6) is 5.75 Å². The summed E-state index contributed by atoms with van der Waals surface area (Å²) in [5.74, 6) is 0.800. The van der Waals surface area contributed by atoms with Crippen LogP contribution in [0, 0.1) is 0 Å². The Balaban J connectivity index is 1.77. The van der Waals surface area contributed by atoms with E-state index in [1.807, 2.05) is 54.7 Å². The lowest BCUT2D eigenvalue weighted by Crippen LogP contribution is -1.84. The number of aromatic nitrogens is 2. The third kappa shape index (κ3) is 3.35. The smallest absolute Gasteiger partial charge is 0.121 e. The van der Waals surface area contributed by atoms with Gasteiger partial charge in [0.1, 0.15) is 12.1 Å². The Morgan fingerprint density at radius 2 is 1.73 bits per heavy atom. The molecule has 1 aromatic heterocycles. The molecule has 0 N–H and O–H groups in total.